The van der Waals surface area contributed by atoms with Crippen LogP contribution < -0.4 is 5.73 Å². The molecule has 2 aromatic carbocycles. The minimum Gasteiger partial charge on any atom is -0.431 e. The number of fused-ring (bicyclic) bond motifs is 1. The molecule has 0 aliphatic carbocycles. The number of para-hydroxylation sites is 2. The average Bonchev–Trinajstić information content (AvgIpc) is 2.80. The van der Waals surface area contributed by atoms with Gasteiger partial charge < -0.3 is 10.2 Å². The van der Waals surface area contributed by atoms with E-state index in [9.17, 15) is 0 Å². The lowest BCUT2D eigenvalue weighted by molar-refractivity contribution is 0.489. The maximum absolute atomic E-state index is 6.22. The van der Waals surface area contributed by atoms with Crippen molar-refractivity contribution in [2.75, 3.05) is 0 Å². The highest BCUT2D eigenvalue weighted by Gasteiger charge is 2.10. The van der Waals surface area contributed by atoms with E-state index in [0.29, 0.717) is 10.2 Å². The number of nitrogens with zero attached hydrogens (tertiary/aromatic N) is 1. The van der Waals surface area contributed by atoms with Crippen molar-refractivity contribution in [3.63, 3.8) is 0 Å². The Morgan fingerprint density at radius 1 is 1.25 bits per heavy atom. The summed E-state index contributed by atoms with van der Waals surface area (Å²) in [6.07, 6.45) is 0. The van der Waals surface area contributed by atoms with Gasteiger partial charge in [0.05, 0.1) is 0 Å². The molecule has 3 aromatic rings. The summed E-state index contributed by atoms with van der Waals surface area (Å²) in [5.74, 6) is 0. The highest BCUT2D eigenvalue weighted by molar-refractivity contribution is 7.99. The first-order valence-corrected chi connectivity index (χ1v) is 7.41. The Labute approximate surface area is 126 Å². The zero-order valence-electron chi connectivity index (χ0n) is 10.8. The van der Waals surface area contributed by atoms with Gasteiger partial charge in [-0.25, -0.2) is 4.98 Å². The first-order chi connectivity index (χ1) is 9.63. The van der Waals surface area contributed by atoms with Crippen LogP contribution in [-0.4, -0.2) is 4.98 Å². The van der Waals surface area contributed by atoms with Crippen molar-refractivity contribution < 1.29 is 4.42 Å². The highest BCUT2D eigenvalue weighted by Crippen LogP contribution is 2.33. The molecule has 102 valence electrons. The SMILES string of the molecule is CC(N)c1ccc(Sc2nc3ccccc3o2)cc1Cl. The second-order valence-corrected chi connectivity index (χ2v) is 5.95. The average molecular weight is 305 g/mol. The first kappa shape index (κ1) is 13.5. The molecule has 0 spiro atoms. The van der Waals surface area contributed by atoms with E-state index in [2.05, 4.69) is 4.98 Å². The molecule has 3 rings (SSSR count). The Morgan fingerprint density at radius 3 is 2.75 bits per heavy atom. The summed E-state index contributed by atoms with van der Waals surface area (Å²) in [7, 11) is 0. The van der Waals surface area contributed by atoms with Gasteiger partial charge in [0.2, 0.25) is 0 Å². The fraction of sp³-hybridized carbons (Fsp3) is 0.133. The molecule has 0 bridgehead atoms. The fourth-order valence-electron chi connectivity index (χ4n) is 1.94. The van der Waals surface area contributed by atoms with E-state index < -0.39 is 0 Å². The third-order valence-electron chi connectivity index (χ3n) is 2.94. The van der Waals surface area contributed by atoms with E-state index in [1.165, 1.54) is 11.8 Å². The summed E-state index contributed by atoms with van der Waals surface area (Å²) in [4.78, 5) is 5.40. The van der Waals surface area contributed by atoms with Gasteiger partial charge in [-0.15, -0.1) is 0 Å². The first-order valence-electron chi connectivity index (χ1n) is 6.22. The van der Waals surface area contributed by atoms with Gasteiger partial charge in [0, 0.05) is 16.0 Å². The lowest BCUT2D eigenvalue weighted by Crippen LogP contribution is -2.05. The van der Waals surface area contributed by atoms with Gasteiger partial charge in [0.15, 0.2) is 5.58 Å². The molecule has 3 nitrogen and oxygen atoms in total. The van der Waals surface area contributed by atoms with Crippen molar-refractivity contribution in [1.82, 2.24) is 4.98 Å². The molecule has 0 saturated heterocycles. The molecule has 0 aliphatic heterocycles. The van der Waals surface area contributed by atoms with Crippen LogP contribution in [0.1, 0.15) is 18.5 Å². The second-order valence-electron chi connectivity index (χ2n) is 4.52. The van der Waals surface area contributed by atoms with Gasteiger partial charge in [-0.05, 0) is 48.5 Å². The minimum atomic E-state index is -0.0779. The number of hydrogen-bond acceptors (Lipinski definition) is 4. The standard InChI is InChI=1S/C15H13ClN2OS/c1-9(17)11-7-6-10(8-12(11)16)20-15-18-13-4-2-3-5-14(13)19-15/h2-9H,17H2,1H3. The van der Waals surface area contributed by atoms with E-state index in [1.54, 1.807) is 0 Å². The highest BCUT2D eigenvalue weighted by atomic mass is 35.5. The van der Waals surface area contributed by atoms with Crippen LogP contribution >= 0.6 is 23.4 Å². The molecule has 1 atom stereocenters. The molecule has 1 unspecified atom stereocenters. The van der Waals surface area contributed by atoms with Crippen molar-refractivity contribution in [1.29, 1.82) is 0 Å². The minimum absolute atomic E-state index is 0.0779. The number of nitrogens with two attached hydrogens (primary N) is 1. The molecule has 0 radical (unpaired) electrons. The molecule has 0 saturated carbocycles. The van der Waals surface area contributed by atoms with Crippen LogP contribution in [0.5, 0.6) is 0 Å². The normalized spacial score (nSPS) is 12.8. The number of benzene rings is 2. The Bertz CT molecular complexity index is 721. The van der Waals surface area contributed by atoms with Crippen molar-refractivity contribution in [3.05, 3.63) is 53.1 Å². The molecular formula is C15H13ClN2OS. The Morgan fingerprint density at radius 2 is 2.05 bits per heavy atom. The van der Waals surface area contributed by atoms with Gasteiger partial charge >= 0.3 is 0 Å². The predicted octanol–water partition coefficient (Wildman–Crippen LogP) is 4.65. The van der Waals surface area contributed by atoms with Crippen LogP contribution in [0.25, 0.3) is 11.1 Å². The van der Waals surface area contributed by atoms with E-state index in [-0.39, 0.29) is 6.04 Å². The Kier molecular flexibility index (Phi) is 3.70. The molecule has 0 aliphatic rings. The summed E-state index contributed by atoms with van der Waals surface area (Å²) >= 11 is 7.67. The van der Waals surface area contributed by atoms with Crippen LogP contribution in [0, 0.1) is 0 Å². The van der Waals surface area contributed by atoms with Gasteiger partial charge in [0.1, 0.15) is 5.52 Å². The molecule has 0 amide bonds. The third-order valence-corrected chi connectivity index (χ3v) is 4.11. The van der Waals surface area contributed by atoms with Gasteiger partial charge in [-0.1, -0.05) is 29.8 Å². The molecule has 2 N–H and O–H groups in total. The number of hydrogen-bond donors (Lipinski definition) is 1. The fourth-order valence-corrected chi connectivity index (χ4v) is 3.14. The number of rotatable bonds is 3. The summed E-state index contributed by atoms with van der Waals surface area (Å²) in [5.41, 5.74) is 8.42. The van der Waals surface area contributed by atoms with Crippen molar-refractivity contribution in [3.8, 4) is 0 Å². The second kappa shape index (κ2) is 5.48. The third kappa shape index (κ3) is 2.68. The molecule has 20 heavy (non-hydrogen) atoms. The quantitative estimate of drug-likeness (QED) is 0.765. The van der Waals surface area contributed by atoms with E-state index in [0.717, 1.165) is 21.6 Å². The van der Waals surface area contributed by atoms with Crippen LogP contribution in [0.3, 0.4) is 0 Å². The van der Waals surface area contributed by atoms with Crippen molar-refractivity contribution in [2.24, 2.45) is 5.73 Å². The van der Waals surface area contributed by atoms with E-state index >= 15 is 0 Å². The maximum Gasteiger partial charge on any atom is 0.261 e. The van der Waals surface area contributed by atoms with Crippen molar-refractivity contribution in [2.45, 2.75) is 23.1 Å². The monoisotopic (exact) mass is 304 g/mol. The molecule has 5 heteroatoms. The van der Waals surface area contributed by atoms with Crippen LogP contribution in [0.2, 0.25) is 5.02 Å². The topological polar surface area (TPSA) is 52.0 Å². The van der Waals surface area contributed by atoms with E-state index in [4.69, 9.17) is 21.8 Å². The zero-order valence-corrected chi connectivity index (χ0v) is 12.4. The molecular weight excluding hydrogens is 292 g/mol. The number of aromatic nitrogens is 1. The summed E-state index contributed by atoms with van der Waals surface area (Å²) in [6.45, 7) is 1.91. The van der Waals surface area contributed by atoms with Crippen LogP contribution in [0.15, 0.2) is 57.0 Å². The van der Waals surface area contributed by atoms with Gasteiger partial charge in [0.25, 0.3) is 5.22 Å². The largest absolute Gasteiger partial charge is 0.431 e. The maximum atomic E-state index is 6.22. The molecule has 1 aromatic heterocycles. The van der Waals surface area contributed by atoms with Gasteiger partial charge in [-0.3, -0.25) is 0 Å². The Hall–Kier alpha value is -1.49. The van der Waals surface area contributed by atoms with Crippen LogP contribution in [-0.2, 0) is 0 Å². The predicted molar refractivity (Wildman–Crippen MR) is 82.2 cm³/mol. The summed E-state index contributed by atoms with van der Waals surface area (Å²) in [5, 5.41) is 1.27. The molecule has 0 fully saturated rings. The lowest BCUT2D eigenvalue weighted by atomic mass is 10.1. The lowest BCUT2D eigenvalue weighted by Gasteiger charge is -2.08. The zero-order chi connectivity index (χ0) is 14.1. The number of halogens is 1. The summed E-state index contributed by atoms with van der Waals surface area (Å²) in [6, 6.07) is 13.4. The van der Waals surface area contributed by atoms with Crippen LogP contribution in [0.4, 0.5) is 0 Å². The summed E-state index contributed by atoms with van der Waals surface area (Å²) < 4.78 is 5.67. The Balaban J connectivity index is 1.89. The number of oxazole rings is 1. The van der Waals surface area contributed by atoms with Gasteiger partial charge in [-0.2, -0.15) is 0 Å². The van der Waals surface area contributed by atoms with Crippen molar-refractivity contribution >= 4 is 34.5 Å². The smallest absolute Gasteiger partial charge is 0.261 e. The van der Waals surface area contributed by atoms with E-state index in [1.807, 2.05) is 49.4 Å². The molecule has 1 heterocycles.